The van der Waals surface area contributed by atoms with Gasteiger partial charge in [-0.3, -0.25) is 14.5 Å². The molecule has 0 spiro atoms. The van der Waals surface area contributed by atoms with Crippen molar-refractivity contribution in [2.24, 2.45) is 23.7 Å². The van der Waals surface area contributed by atoms with Gasteiger partial charge in [0.15, 0.2) is 0 Å². The first-order valence-corrected chi connectivity index (χ1v) is 14.5. The number of fused-ring (bicyclic) bond motifs is 1. The van der Waals surface area contributed by atoms with Crippen LogP contribution in [0.3, 0.4) is 0 Å². The molecular weight excluding hydrogens is 514 g/mol. The van der Waals surface area contributed by atoms with Crippen molar-refractivity contribution in [2.45, 2.75) is 72.4 Å². The van der Waals surface area contributed by atoms with E-state index in [1.54, 1.807) is 12.4 Å². The Labute approximate surface area is 233 Å². The number of pyridine rings is 2. The molecule has 2 fully saturated rings. The molecule has 0 aromatic carbocycles. The monoisotopic (exact) mass is 549 g/mol. The average molecular weight is 550 g/mol. The number of anilines is 1. The Morgan fingerprint density at radius 1 is 1.10 bits per heavy atom. The van der Waals surface area contributed by atoms with Crippen LogP contribution in [0.15, 0.2) is 33.8 Å². The summed E-state index contributed by atoms with van der Waals surface area (Å²) in [5.41, 5.74) is 3.77. The predicted octanol–water partition coefficient (Wildman–Crippen LogP) is 6.19. The summed E-state index contributed by atoms with van der Waals surface area (Å²) in [6.45, 7) is 11.1. The fraction of sp³-hybridized carbons (Fsp3) is 0.552. The van der Waals surface area contributed by atoms with Gasteiger partial charge in [-0.05, 0) is 55.1 Å². The lowest BCUT2D eigenvalue weighted by Crippen LogP contribution is -2.36. The number of aromatic nitrogens is 6. The zero-order chi connectivity index (χ0) is 27.3. The molecule has 1 saturated heterocycles. The average Bonchev–Trinajstić information content (AvgIpc) is 3.61. The van der Waals surface area contributed by atoms with Crippen molar-refractivity contribution in [1.82, 2.24) is 29.7 Å². The van der Waals surface area contributed by atoms with E-state index < -0.39 is 5.76 Å². The van der Waals surface area contributed by atoms with Crippen LogP contribution < -0.4 is 10.7 Å². The number of H-pyrrole nitrogens is 1. The van der Waals surface area contributed by atoms with E-state index in [1.165, 1.54) is 25.7 Å². The molecular formula is C29H36ClN7O2. The number of hydrogen-bond donors (Lipinski definition) is 1. The number of halogens is 1. The van der Waals surface area contributed by atoms with Gasteiger partial charge in [-0.2, -0.15) is 0 Å². The van der Waals surface area contributed by atoms with Crippen molar-refractivity contribution < 1.29 is 4.52 Å². The maximum atomic E-state index is 11.8. The van der Waals surface area contributed by atoms with E-state index in [0.29, 0.717) is 34.5 Å². The zero-order valence-electron chi connectivity index (χ0n) is 23.0. The highest BCUT2D eigenvalue weighted by molar-refractivity contribution is 6.30. The molecule has 6 rings (SSSR count). The van der Waals surface area contributed by atoms with Gasteiger partial charge in [0.2, 0.25) is 11.8 Å². The number of aromatic amines is 1. The molecule has 2 aliphatic rings. The van der Waals surface area contributed by atoms with Gasteiger partial charge in [0.25, 0.3) is 0 Å². The van der Waals surface area contributed by atoms with E-state index >= 15 is 0 Å². The van der Waals surface area contributed by atoms with Gasteiger partial charge < -0.3 is 9.47 Å². The summed E-state index contributed by atoms with van der Waals surface area (Å²) in [7, 11) is 0. The lowest BCUT2D eigenvalue weighted by Gasteiger charge is -2.31. The number of nitrogens with one attached hydrogen (secondary N) is 1. The van der Waals surface area contributed by atoms with Gasteiger partial charge >= 0.3 is 5.76 Å². The summed E-state index contributed by atoms with van der Waals surface area (Å²) in [4.78, 5) is 31.6. The Balaban J connectivity index is 1.59. The smallest absolute Gasteiger partial charge is 0.339 e. The van der Waals surface area contributed by atoms with Gasteiger partial charge in [0.05, 0.1) is 21.7 Å². The van der Waals surface area contributed by atoms with Crippen molar-refractivity contribution in [3.63, 3.8) is 0 Å². The molecule has 10 heteroatoms. The number of hydrogen-bond acceptors (Lipinski definition) is 7. The summed E-state index contributed by atoms with van der Waals surface area (Å²) in [6.07, 6.45) is 9.48. The quantitative estimate of drug-likeness (QED) is 0.306. The maximum Gasteiger partial charge on any atom is 0.439 e. The predicted molar refractivity (Wildman–Crippen MR) is 153 cm³/mol. The third-order valence-corrected chi connectivity index (χ3v) is 8.73. The SMILES string of the molecule is CC1CCC(Cn2c(N3C[C@H](C)C[C@H]3C(C)C)nc3cc(-c4noc(=O)[nH]4)nc(-c4cncc(Cl)c4)c32)CC1. The fourth-order valence-corrected chi connectivity index (χ4v) is 6.63. The van der Waals surface area contributed by atoms with E-state index in [0.717, 1.165) is 53.7 Å². The molecule has 2 atom stereocenters. The molecule has 1 aliphatic carbocycles. The van der Waals surface area contributed by atoms with Crippen molar-refractivity contribution >= 4 is 28.6 Å². The van der Waals surface area contributed by atoms with Crippen LogP contribution in [0.5, 0.6) is 0 Å². The lowest BCUT2D eigenvalue weighted by atomic mass is 9.83. The molecule has 0 amide bonds. The normalized spacial score (nSPS) is 23.8. The Morgan fingerprint density at radius 2 is 1.90 bits per heavy atom. The van der Waals surface area contributed by atoms with E-state index in [2.05, 4.69) is 52.3 Å². The fourth-order valence-electron chi connectivity index (χ4n) is 6.46. The van der Waals surface area contributed by atoms with Gasteiger partial charge in [-0.25, -0.2) is 14.8 Å². The minimum Gasteiger partial charge on any atom is -0.339 e. The van der Waals surface area contributed by atoms with Crippen molar-refractivity contribution in [3.8, 4) is 22.8 Å². The van der Waals surface area contributed by atoms with E-state index in [1.807, 2.05) is 12.1 Å². The third-order valence-electron chi connectivity index (χ3n) is 8.52. The third kappa shape index (κ3) is 5.09. The molecule has 1 aliphatic heterocycles. The molecule has 206 valence electrons. The largest absolute Gasteiger partial charge is 0.439 e. The minimum absolute atomic E-state index is 0.269. The van der Waals surface area contributed by atoms with E-state index in [-0.39, 0.29) is 5.82 Å². The van der Waals surface area contributed by atoms with Gasteiger partial charge in [-0.15, -0.1) is 0 Å². The van der Waals surface area contributed by atoms with E-state index in [9.17, 15) is 4.79 Å². The minimum atomic E-state index is -0.624. The topological polar surface area (TPSA) is 106 Å². The van der Waals surface area contributed by atoms with Crippen LogP contribution in [0.1, 0.15) is 59.8 Å². The van der Waals surface area contributed by atoms with E-state index in [4.69, 9.17) is 26.1 Å². The summed E-state index contributed by atoms with van der Waals surface area (Å²) in [5.74, 6) is 3.09. The Hall–Kier alpha value is -3.20. The molecule has 1 saturated carbocycles. The number of rotatable bonds is 6. The first-order valence-electron chi connectivity index (χ1n) is 14.1. The number of nitrogens with zero attached hydrogens (tertiary/aromatic N) is 6. The molecule has 0 bridgehead atoms. The first kappa shape index (κ1) is 26.0. The molecule has 5 heterocycles. The van der Waals surface area contributed by atoms with Gasteiger partial charge in [-0.1, -0.05) is 57.3 Å². The van der Waals surface area contributed by atoms with Crippen LogP contribution in [0.4, 0.5) is 5.95 Å². The highest BCUT2D eigenvalue weighted by Gasteiger charge is 2.36. The molecule has 39 heavy (non-hydrogen) atoms. The second-order valence-electron chi connectivity index (χ2n) is 12.0. The number of imidazole rings is 1. The molecule has 4 aromatic rings. The molecule has 0 radical (unpaired) electrons. The highest BCUT2D eigenvalue weighted by Crippen LogP contribution is 2.40. The van der Waals surface area contributed by atoms with Crippen LogP contribution in [-0.4, -0.2) is 42.2 Å². The van der Waals surface area contributed by atoms with Crippen molar-refractivity contribution in [3.05, 3.63) is 40.1 Å². The summed E-state index contributed by atoms with van der Waals surface area (Å²) in [6, 6.07) is 4.19. The van der Waals surface area contributed by atoms with Crippen molar-refractivity contribution in [1.29, 1.82) is 0 Å². The van der Waals surface area contributed by atoms with Crippen LogP contribution in [-0.2, 0) is 6.54 Å². The Morgan fingerprint density at radius 3 is 2.59 bits per heavy atom. The van der Waals surface area contributed by atoms with Crippen LogP contribution in [0.25, 0.3) is 33.8 Å². The summed E-state index contributed by atoms with van der Waals surface area (Å²) >= 11 is 6.40. The highest BCUT2D eigenvalue weighted by atomic mass is 35.5. The zero-order valence-corrected chi connectivity index (χ0v) is 23.8. The summed E-state index contributed by atoms with van der Waals surface area (Å²) < 4.78 is 7.20. The van der Waals surface area contributed by atoms with Gasteiger partial charge in [0, 0.05) is 37.1 Å². The summed E-state index contributed by atoms with van der Waals surface area (Å²) in [5, 5.41) is 4.44. The Kier molecular flexibility index (Phi) is 6.95. The standard InChI is InChI=1S/C29H36ClN7O2/c1-16(2)24-9-18(4)14-36(24)28-33-22-11-23(27-34-29(38)39-35-27)32-25(20-10-21(30)13-31-12-20)26(22)37(28)15-19-7-5-17(3)6-8-19/h10-13,16-19,24H,5-9,14-15H2,1-4H3,(H,34,35,38)/t17?,18-,19?,24+/m1/s1. The molecule has 9 nitrogen and oxygen atoms in total. The second kappa shape index (κ2) is 10.4. The molecule has 1 N–H and O–H groups in total. The maximum absolute atomic E-state index is 11.8. The Bertz CT molecular complexity index is 1530. The van der Waals surface area contributed by atoms with Crippen LogP contribution in [0, 0.1) is 23.7 Å². The van der Waals surface area contributed by atoms with Crippen LogP contribution >= 0.6 is 11.6 Å². The van der Waals surface area contributed by atoms with Gasteiger partial charge in [0.1, 0.15) is 5.69 Å². The second-order valence-corrected chi connectivity index (χ2v) is 12.4. The van der Waals surface area contributed by atoms with Crippen LogP contribution in [0.2, 0.25) is 5.02 Å². The van der Waals surface area contributed by atoms with Crippen molar-refractivity contribution in [2.75, 3.05) is 11.4 Å². The first-order chi connectivity index (χ1) is 18.8. The lowest BCUT2D eigenvalue weighted by molar-refractivity contribution is 0.266. The molecule has 4 aromatic heterocycles. The molecule has 0 unspecified atom stereocenters.